The molecule has 2 aromatic carbocycles. The highest BCUT2D eigenvalue weighted by molar-refractivity contribution is 5.82. The van der Waals surface area contributed by atoms with Gasteiger partial charge in [-0.15, -0.1) is 0 Å². The van der Waals surface area contributed by atoms with E-state index in [1.54, 1.807) is 18.2 Å². The summed E-state index contributed by atoms with van der Waals surface area (Å²) in [5, 5.41) is 9.85. The standard InChI is InChI=1S/C14H15NO/c1-9-6-10(2)8-11(7-9)14-12(15)4-3-5-13(14)16/h3-8,16H,15H2,1-2H3. The molecule has 0 radical (unpaired) electrons. The zero-order valence-electron chi connectivity index (χ0n) is 9.49. The van der Waals surface area contributed by atoms with Crippen molar-refractivity contribution < 1.29 is 5.11 Å². The molecule has 0 heterocycles. The molecular formula is C14H15NO. The summed E-state index contributed by atoms with van der Waals surface area (Å²) in [5.74, 6) is 0.227. The van der Waals surface area contributed by atoms with Gasteiger partial charge in [0.1, 0.15) is 5.75 Å². The summed E-state index contributed by atoms with van der Waals surface area (Å²) in [5.41, 5.74) is 10.5. The Morgan fingerprint density at radius 3 is 2.19 bits per heavy atom. The zero-order valence-corrected chi connectivity index (χ0v) is 9.49. The van der Waals surface area contributed by atoms with Crippen LogP contribution in [0.1, 0.15) is 11.1 Å². The lowest BCUT2D eigenvalue weighted by Crippen LogP contribution is -1.91. The lowest BCUT2D eigenvalue weighted by molar-refractivity contribution is 0.477. The Kier molecular flexibility index (Phi) is 2.57. The Balaban J connectivity index is 2.67. The molecule has 82 valence electrons. The second-order valence-electron chi connectivity index (χ2n) is 4.12. The lowest BCUT2D eigenvalue weighted by atomic mass is 9.99. The van der Waals surface area contributed by atoms with Gasteiger partial charge in [-0.1, -0.05) is 35.4 Å². The Labute approximate surface area is 95.4 Å². The van der Waals surface area contributed by atoms with Crippen LogP contribution in [0.15, 0.2) is 36.4 Å². The van der Waals surface area contributed by atoms with E-state index in [0.717, 1.165) is 16.7 Å². The van der Waals surface area contributed by atoms with Crippen LogP contribution >= 0.6 is 0 Å². The van der Waals surface area contributed by atoms with Gasteiger partial charge in [-0.2, -0.15) is 0 Å². The first kappa shape index (κ1) is 10.6. The molecule has 0 atom stereocenters. The summed E-state index contributed by atoms with van der Waals surface area (Å²) in [6.45, 7) is 4.07. The number of anilines is 1. The smallest absolute Gasteiger partial charge is 0.125 e. The number of aryl methyl sites for hydroxylation is 2. The van der Waals surface area contributed by atoms with E-state index in [1.165, 1.54) is 0 Å². The number of hydrogen-bond donors (Lipinski definition) is 2. The van der Waals surface area contributed by atoms with Crippen molar-refractivity contribution in [2.75, 3.05) is 5.73 Å². The third-order valence-corrected chi connectivity index (χ3v) is 2.59. The fraction of sp³-hybridized carbons (Fsp3) is 0.143. The van der Waals surface area contributed by atoms with Gasteiger partial charge < -0.3 is 10.8 Å². The molecule has 0 fully saturated rings. The molecule has 0 aromatic heterocycles. The predicted octanol–water partition coefficient (Wildman–Crippen LogP) is 3.26. The van der Waals surface area contributed by atoms with Gasteiger partial charge in [-0.25, -0.2) is 0 Å². The van der Waals surface area contributed by atoms with Crippen LogP contribution in [0, 0.1) is 13.8 Å². The highest BCUT2D eigenvalue weighted by Gasteiger charge is 2.08. The molecular weight excluding hydrogens is 198 g/mol. The number of aromatic hydroxyl groups is 1. The highest BCUT2D eigenvalue weighted by atomic mass is 16.3. The molecule has 0 bridgehead atoms. The van der Waals surface area contributed by atoms with Crippen molar-refractivity contribution in [1.82, 2.24) is 0 Å². The number of rotatable bonds is 1. The van der Waals surface area contributed by atoms with Crippen LogP contribution in [0.25, 0.3) is 11.1 Å². The maximum atomic E-state index is 9.85. The van der Waals surface area contributed by atoms with Crippen LogP contribution in [0.3, 0.4) is 0 Å². The normalized spacial score (nSPS) is 10.4. The first-order valence-corrected chi connectivity index (χ1v) is 5.24. The van der Waals surface area contributed by atoms with Crippen LogP contribution in [-0.4, -0.2) is 5.11 Å². The summed E-state index contributed by atoms with van der Waals surface area (Å²) >= 11 is 0. The van der Waals surface area contributed by atoms with E-state index in [0.29, 0.717) is 11.3 Å². The van der Waals surface area contributed by atoms with E-state index >= 15 is 0 Å². The number of nitrogen functional groups attached to an aromatic ring is 1. The van der Waals surface area contributed by atoms with E-state index < -0.39 is 0 Å². The molecule has 0 aliphatic rings. The predicted molar refractivity (Wildman–Crippen MR) is 67.4 cm³/mol. The minimum atomic E-state index is 0.227. The number of nitrogens with two attached hydrogens (primary N) is 1. The van der Waals surface area contributed by atoms with Crippen molar-refractivity contribution in [2.24, 2.45) is 0 Å². The number of benzene rings is 2. The first-order chi connectivity index (χ1) is 7.58. The fourth-order valence-corrected chi connectivity index (χ4v) is 1.99. The largest absolute Gasteiger partial charge is 0.507 e. The molecule has 0 saturated heterocycles. The van der Waals surface area contributed by atoms with Gasteiger partial charge in [-0.05, 0) is 31.5 Å². The summed E-state index contributed by atoms with van der Waals surface area (Å²) in [6.07, 6.45) is 0. The molecule has 2 aromatic rings. The van der Waals surface area contributed by atoms with Crippen LogP contribution in [0.4, 0.5) is 5.69 Å². The SMILES string of the molecule is Cc1cc(C)cc(-c2c(N)cccc2O)c1. The van der Waals surface area contributed by atoms with E-state index in [-0.39, 0.29) is 5.75 Å². The minimum Gasteiger partial charge on any atom is -0.507 e. The van der Waals surface area contributed by atoms with Crippen LogP contribution in [-0.2, 0) is 0 Å². The molecule has 0 spiro atoms. The zero-order chi connectivity index (χ0) is 11.7. The van der Waals surface area contributed by atoms with Crippen molar-refractivity contribution in [2.45, 2.75) is 13.8 Å². The van der Waals surface area contributed by atoms with Crippen molar-refractivity contribution in [3.63, 3.8) is 0 Å². The Morgan fingerprint density at radius 2 is 1.62 bits per heavy atom. The third-order valence-electron chi connectivity index (χ3n) is 2.59. The number of phenols is 1. The van der Waals surface area contributed by atoms with Crippen molar-refractivity contribution >= 4 is 5.69 Å². The van der Waals surface area contributed by atoms with Crippen molar-refractivity contribution in [3.05, 3.63) is 47.5 Å². The maximum absolute atomic E-state index is 9.85. The lowest BCUT2D eigenvalue weighted by Gasteiger charge is -2.10. The summed E-state index contributed by atoms with van der Waals surface area (Å²) in [6, 6.07) is 11.4. The van der Waals surface area contributed by atoms with Crippen molar-refractivity contribution in [1.29, 1.82) is 0 Å². The second-order valence-corrected chi connectivity index (χ2v) is 4.12. The molecule has 0 amide bonds. The minimum absolute atomic E-state index is 0.227. The molecule has 2 heteroatoms. The van der Waals surface area contributed by atoms with Crippen LogP contribution < -0.4 is 5.73 Å². The summed E-state index contributed by atoms with van der Waals surface area (Å²) in [4.78, 5) is 0. The van der Waals surface area contributed by atoms with Gasteiger partial charge in [0, 0.05) is 11.3 Å². The Hall–Kier alpha value is -1.96. The molecule has 2 nitrogen and oxygen atoms in total. The quantitative estimate of drug-likeness (QED) is 0.714. The molecule has 3 N–H and O–H groups in total. The second kappa shape index (κ2) is 3.89. The Morgan fingerprint density at radius 1 is 1.00 bits per heavy atom. The number of hydrogen-bond acceptors (Lipinski definition) is 2. The highest BCUT2D eigenvalue weighted by Crippen LogP contribution is 2.35. The average molecular weight is 213 g/mol. The maximum Gasteiger partial charge on any atom is 0.125 e. The third kappa shape index (κ3) is 1.87. The van der Waals surface area contributed by atoms with Gasteiger partial charge in [0.05, 0.1) is 0 Å². The van der Waals surface area contributed by atoms with Gasteiger partial charge in [0.2, 0.25) is 0 Å². The van der Waals surface area contributed by atoms with Gasteiger partial charge in [-0.3, -0.25) is 0 Å². The van der Waals surface area contributed by atoms with Gasteiger partial charge in [0.15, 0.2) is 0 Å². The van der Waals surface area contributed by atoms with E-state index in [9.17, 15) is 5.11 Å². The number of phenolic OH excluding ortho intramolecular Hbond substituents is 1. The van der Waals surface area contributed by atoms with Crippen LogP contribution in [0.2, 0.25) is 0 Å². The molecule has 2 rings (SSSR count). The van der Waals surface area contributed by atoms with E-state index in [1.807, 2.05) is 26.0 Å². The summed E-state index contributed by atoms with van der Waals surface area (Å²) in [7, 11) is 0. The first-order valence-electron chi connectivity index (χ1n) is 5.24. The average Bonchev–Trinajstić information content (AvgIpc) is 2.15. The van der Waals surface area contributed by atoms with Crippen molar-refractivity contribution in [3.8, 4) is 16.9 Å². The monoisotopic (exact) mass is 213 g/mol. The van der Waals surface area contributed by atoms with Gasteiger partial charge in [0.25, 0.3) is 0 Å². The molecule has 0 aliphatic heterocycles. The Bertz CT molecular complexity index is 492. The fourth-order valence-electron chi connectivity index (χ4n) is 1.99. The molecule has 16 heavy (non-hydrogen) atoms. The van der Waals surface area contributed by atoms with E-state index in [2.05, 4.69) is 6.07 Å². The summed E-state index contributed by atoms with van der Waals surface area (Å²) < 4.78 is 0. The molecule has 0 aliphatic carbocycles. The molecule has 0 saturated carbocycles. The van der Waals surface area contributed by atoms with Crippen LogP contribution in [0.5, 0.6) is 5.75 Å². The topological polar surface area (TPSA) is 46.2 Å². The molecule has 0 unspecified atom stereocenters. The van der Waals surface area contributed by atoms with E-state index in [4.69, 9.17) is 5.73 Å². The van der Waals surface area contributed by atoms with Gasteiger partial charge >= 0.3 is 0 Å².